The van der Waals surface area contributed by atoms with Gasteiger partial charge >= 0.3 is 0 Å². The monoisotopic (exact) mass is 757 g/mol. The van der Waals surface area contributed by atoms with Gasteiger partial charge in [-0.2, -0.15) is 0 Å². The number of aryl methyl sites for hydroxylation is 2. The standard InChI is InChI=1S/C54H80N2/c1-3-5-7-9-19-23-27-53(49-37-41-51(55)42-38-49)47-33-29-45(30-34-47)25-21-17-15-13-11-12-14-16-18-22-26-46-31-35-48(36-32-46)54(28-24-20-10-8-6-4-2)50-39-43-52(56)44-40-50/h29-44,53-54H,3-28,55-56H2,1-2H3. The smallest absolute Gasteiger partial charge is 0.0314 e. The van der Waals surface area contributed by atoms with E-state index in [2.05, 4.69) is 111 Å². The lowest BCUT2D eigenvalue weighted by atomic mass is 9.86. The Kier molecular flexibility index (Phi) is 22.6. The lowest BCUT2D eigenvalue weighted by molar-refractivity contribution is 0.551. The van der Waals surface area contributed by atoms with E-state index in [9.17, 15) is 0 Å². The fourth-order valence-corrected chi connectivity index (χ4v) is 8.67. The molecule has 0 aliphatic heterocycles. The molecule has 56 heavy (non-hydrogen) atoms. The molecule has 306 valence electrons. The highest BCUT2D eigenvalue weighted by Crippen LogP contribution is 2.33. The SMILES string of the molecule is CCCCCCCCC(c1ccc(N)cc1)c1ccc(CCCCCCCCCCCCc2ccc(C(CCCCCCCC)c3ccc(N)cc3)cc2)cc1. The van der Waals surface area contributed by atoms with Gasteiger partial charge in [-0.25, -0.2) is 0 Å². The lowest BCUT2D eigenvalue weighted by Crippen LogP contribution is -2.02. The molecule has 2 atom stereocenters. The molecule has 0 saturated carbocycles. The van der Waals surface area contributed by atoms with Crippen LogP contribution in [0.5, 0.6) is 0 Å². The molecular weight excluding hydrogens is 677 g/mol. The van der Waals surface area contributed by atoms with Crippen molar-refractivity contribution < 1.29 is 0 Å². The van der Waals surface area contributed by atoms with Crippen LogP contribution in [0.4, 0.5) is 11.4 Å². The molecule has 0 aliphatic carbocycles. The maximum Gasteiger partial charge on any atom is 0.0314 e. The molecule has 4 aromatic rings. The van der Waals surface area contributed by atoms with Crippen LogP contribution in [0.2, 0.25) is 0 Å². The first-order valence-corrected chi connectivity index (χ1v) is 23.5. The Morgan fingerprint density at radius 3 is 0.857 bits per heavy atom. The Labute approximate surface area is 344 Å². The summed E-state index contributed by atoms with van der Waals surface area (Å²) in [6, 6.07) is 36.4. The van der Waals surface area contributed by atoms with Crippen molar-refractivity contribution in [2.24, 2.45) is 0 Å². The molecule has 0 fully saturated rings. The van der Waals surface area contributed by atoms with E-state index >= 15 is 0 Å². The average Bonchev–Trinajstić information content (AvgIpc) is 3.22. The summed E-state index contributed by atoms with van der Waals surface area (Å²) in [6.45, 7) is 4.59. The molecule has 0 aliphatic rings. The Balaban J connectivity index is 1.05. The van der Waals surface area contributed by atoms with Gasteiger partial charge in [0.1, 0.15) is 0 Å². The van der Waals surface area contributed by atoms with Gasteiger partial charge in [-0.05, 0) is 96.2 Å². The largest absolute Gasteiger partial charge is 0.399 e. The number of benzene rings is 4. The molecule has 0 radical (unpaired) electrons. The minimum atomic E-state index is 0.466. The van der Waals surface area contributed by atoms with Crippen LogP contribution in [0, 0.1) is 0 Å². The second kappa shape index (κ2) is 28.0. The molecule has 2 heteroatoms. The summed E-state index contributed by atoms with van der Waals surface area (Å²) in [7, 11) is 0. The first kappa shape index (κ1) is 45.2. The van der Waals surface area contributed by atoms with E-state index in [1.54, 1.807) is 0 Å². The zero-order valence-electron chi connectivity index (χ0n) is 35.9. The summed E-state index contributed by atoms with van der Waals surface area (Å²) in [5, 5.41) is 0. The maximum atomic E-state index is 6.02. The van der Waals surface area contributed by atoms with Crippen molar-refractivity contribution in [2.45, 2.75) is 193 Å². The molecule has 4 N–H and O–H groups in total. The Morgan fingerprint density at radius 2 is 0.554 bits per heavy atom. The van der Waals surface area contributed by atoms with Crippen LogP contribution >= 0.6 is 0 Å². The van der Waals surface area contributed by atoms with Crippen molar-refractivity contribution in [2.75, 3.05) is 11.5 Å². The molecule has 2 nitrogen and oxygen atoms in total. The number of hydrogen-bond acceptors (Lipinski definition) is 2. The normalized spacial score (nSPS) is 12.5. The van der Waals surface area contributed by atoms with Gasteiger partial charge in [0, 0.05) is 23.2 Å². The third-order valence-corrected chi connectivity index (χ3v) is 12.3. The van der Waals surface area contributed by atoms with E-state index in [-0.39, 0.29) is 0 Å². The minimum Gasteiger partial charge on any atom is -0.399 e. The summed E-state index contributed by atoms with van der Waals surface area (Å²) in [5.74, 6) is 0.931. The highest BCUT2D eigenvalue weighted by molar-refractivity contribution is 5.44. The van der Waals surface area contributed by atoms with Gasteiger partial charge in [-0.15, -0.1) is 0 Å². The third kappa shape index (κ3) is 17.7. The first-order valence-electron chi connectivity index (χ1n) is 23.5. The van der Waals surface area contributed by atoms with Gasteiger partial charge in [-0.3, -0.25) is 0 Å². The topological polar surface area (TPSA) is 52.0 Å². The molecule has 0 amide bonds. The second-order valence-corrected chi connectivity index (χ2v) is 17.1. The molecule has 0 bridgehead atoms. The predicted molar refractivity (Wildman–Crippen MR) is 248 cm³/mol. The van der Waals surface area contributed by atoms with Crippen molar-refractivity contribution in [3.05, 3.63) is 130 Å². The number of unbranched alkanes of at least 4 members (excludes halogenated alkanes) is 19. The Hall–Kier alpha value is -3.52. The molecule has 4 aromatic carbocycles. The van der Waals surface area contributed by atoms with Crippen LogP contribution in [0.15, 0.2) is 97.1 Å². The van der Waals surface area contributed by atoms with Crippen LogP contribution in [-0.2, 0) is 12.8 Å². The van der Waals surface area contributed by atoms with Crippen LogP contribution in [0.1, 0.15) is 213 Å². The quantitative estimate of drug-likeness (QED) is 0.0397. The van der Waals surface area contributed by atoms with Gasteiger partial charge in [0.2, 0.25) is 0 Å². The molecule has 4 rings (SSSR count). The average molecular weight is 757 g/mol. The van der Waals surface area contributed by atoms with Crippen molar-refractivity contribution >= 4 is 11.4 Å². The number of rotatable bonds is 31. The first-order chi connectivity index (χ1) is 27.6. The van der Waals surface area contributed by atoms with Gasteiger partial charge in [-0.1, -0.05) is 215 Å². The fourth-order valence-electron chi connectivity index (χ4n) is 8.67. The summed E-state index contributed by atoms with van der Waals surface area (Å²) in [4.78, 5) is 0. The van der Waals surface area contributed by atoms with E-state index in [0.717, 1.165) is 11.4 Å². The second-order valence-electron chi connectivity index (χ2n) is 17.1. The Morgan fingerprint density at radius 1 is 0.304 bits per heavy atom. The number of nitrogens with two attached hydrogens (primary N) is 2. The molecule has 0 spiro atoms. The highest BCUT2D eigenvalue weighted by atomic mass is 14.5. The van der Waals surface area contributed by atoms with Crippen molar-refractivity contribution in [3.63, 3.8) is 0 Å². The third-order valence-electron chi connectivity index (χ3n) is 12.3. The summed E-state index contributed by atoms with van der Waals surface area (Å²) in [6.07, 6.45) is 34.6. The van der Waals surface area contributed by atoms with Gasteiger partial charge in [0.25, 0.3) is 0 Å². The molecule has 0 heterocycles. The summed E-state index contributed by atoms with van der Waals surface area (Å²) < 4.78 is 0. The lowest BCUT2D eigenvalue weighted by Gasteiger charge is -2.19. The fraction of sp³-hybridized carbons (Fsp3) is 0.556. The molecule has 2 unspecified atom stereocenters. The van der Waals surface area contributed by atoms with Crippen LogP contribution in [0.25, 0.3) is 0 Å². The van der Waals surface area contributed by atoms with E-state index in [1.807, 2.05) is 0 Å². The summed E-state index contributed by atoms with van der Waals surface area (Å²) >= 11 is 0. The van der Waals surface area contributed by atoms with E-state index in [0.29, 0.717) is 11.8 Å². The molecule has 0 aromatic heterocycles. The van der Waals surface area contributed by atoms with Crippen molar-refractivity contribution in [1.82, 2.24) is 0 Å². The van der Waals surface area contributed by atoms with Gasteiger partial charge in [0.05, 0.1) is 0 Å². The predicted octanol–water partition coefficient (Wildman–Crippen LogP) is 16.3. The van der Waals surface area contributed by atoms with Crippen LogP contribution in [-0.4, -0.2) is 0 Å². The zero-order chi connectivity index (χ0) is 39.5. The van der Waals surface area contributed by atoms with Gasteiger partial charge < -0.3 is 11.5 Å². The minimum absolute atomic E-state index is 0.466. The van der Waals surface area contributed by atoms with Crippen molar-refractivity contribution in [1.29, 1.82) is 0 Å². The van der Waals surface area contributed by atoms with Crippen LogP contribution < -0.4 is 11.5 Å². The van der Waals surface area contributed by atoms with E-state index < -0.39 is 0 Å². The van der Waals surface area contributed by atoms with E-state index in [1.165, 1.54) is 200 Å². The maximum absolute atomic E-state index is 6.02. The van der Waals surface area contributed by atoms with Gasteiger partial charge in [0.15, 0.2) is 0 Å². The highest BCUT2D eigenvalue weighted by Gasteiger charge is 2.16. The van der Waals surface area contributed by atoms with Crippen molar-refractivity contribution in [3.8, 4) is 0 Å². The number of anilines is 2. The molecule has 0 saturated heterocycles. The number of hydrogen-bond donors (Lipinski definition) is 2. The van der Waals surface area contributed by atoms with E-state index in [4.69, 9.17) is 11.5 Å². The number of nitrogen functional groups attached to an aromatic ring is 2. The Bertz CT molecular complexity index is 1400. The molecular formula is C54H80N2. The summed E-state index contributed by atoms with van der Waals surface area (Å²) in [5.41, 5.74) is 22.5. The van der Waals surface area contributed by atoms with Crippen LogP contribution in [0.3, 0.4) is 0 Å². The zero-order valence-corrected chi connectivity index (χ0v) is 35.9.